The average molecular weight is 134 g/mol. The Morgan fingerprint density at radius 2 is 2.40 bits per heavy atom. The first-order chi connectivity index (χ1) is 5.58. The zero-order chi connectivity index (χ0) is 9.61. The molecule has 0 aromatic rings. The zero-order valence-electron chi connectivity index (χ0n) is 7.41. The van der Waals surface area contributed by atoms with Crippen molar-refractivity contribution in [1.82, 2.24) is 0 Å². The van der Waals surface area contributed by atoms with Crippen LogP contribution in [0.5, 0.6) is 0 Å². The summed E-state index contributed by atoms with van der Waals surface area (Å²) in [5, 5.41) is 16.7. The van der Waals surface area contributed by atoms with E-state index in [0.29, 0.717) is 0 Å². The van der Waals surface area contributed by atoms with Crippen molar-refractivity contribution in [2.24, 2.45) is 5.92 Å². The monoisotopic (exact) mass is 134 g/mol. The van der Waals surface area contributed by atoms with E-state index in [-0.39, 0.29) is 0 Å². The third-order valence-electron chi connectivity index (χ3n) is 0.800. The number of allylic oxidation sites excluding steroid dienone is 3. The SMILES string of the molecule is [2H]C([2H])(C=C)C(C#N)/C=C/C#N. The molecule has 1 atom stereocenters. The lowest BCUT2D eigenvalue weighted by Crippen LogP contribution is -1.87. The van der Waals surface area contributed by atoms with Crippen LogP contribution >= 0.6 is 0 Å². The van der Waals surface area contributed by atoms with Crippen LogP contribution in [0.1, 0.15) is 9.11 Å². The predicted octanol–water partition coefficient (Wildman–Crippen LogP) is 1.78. The Balaban J connectivity index is 4.61. The van der Waals surface area contributed by atoms with Gasteiger partial charge in [-0.05, 0) is 6.37 Å². The molecule has 0 aromatic heterocycles. The quantitative estimate of drug-likeness (QED) is 0.436. The fourth-order valence-corrected chi connectivity index (χ4v) is 0.402. The Hall–Kier alpha value is -1.54. The van der Waals surface area contributed by atoms with Gasteiger partial charge in [-0.3, -0.25) is 0 Å². The molecule has 2 heteroatoms. The summed E-state index contributed by atoms with van der Waals surface area (Å²) in [6.45, 7) is 3.27. The summed E-state index contributed by atoms with van der Waals surface area (Å²) in [5.41, 5.74) is 0. The van der Waals surface area contributed by atoms with Crippen LogP contribution in [0.2, 0.25) is 0 Å². The summed E-state index contributed by atoms with van der Waals surface area (Å²) in [7, 11) is 0. The lowest BCUT2D eigenvalue weighted by molar-refractivity contribution is 0.849. The van der Waals surface area contributed by atoms with E-state index < -0.39 is 12.3 Å². The Bertz CT molecular complexity index is 268. The minimum atomic E-state index is -1.78. The van der Waals surface area contributed by atoms with Crippen LogP contribution in [0.4, 0.5) is 0 Å². The molecule has 0 rings (SSSR count). The van der Waals surface area contributed by atoms with Crippen molar-refractivity contribution in [3.63, 3.8) is 0 Å². The largest absolute Gasteiger partial charge is 0.198 e. The molecule has 0 saturated heterocycles. The number of rotatable bonds is 3. The van der Waals surface area contributed by atoms with Crippen LogP contribution in [-0.2, 0) is 0 Å². The normalized spacial score (nSPS) is 16.2. The van der Waals surface area contributed by atoms with Crippen molar-refractivity contribution in [3.05, 3.63) is 24.8 Å². The van der Waals surface area contributed by atoms with Gasteiger partial charge in [0.2, 0.25) is 0 Å². The molecule has 0 saturated carbocycles. The van der Waals surface area contributed by atoms with E-state index >= 15 is 0 Å². The highest BCUT2D eigenvalue weighted by atomic mass is 14.3. The molecule has 0 bridgehead atoms. The Morgan fingerprint density at radius 1 is 1.70 bits per heavy atom. The predicted molar refractivity (Wildman–Crippen MR) is 38.7 cm³/mol. The highest BCUT2D eigenvalue weighted by molar-refractivity contribution is 5.10. The van der Waals surface area contributed by atoms with Gasteiger partial charge < -0.3 is 0 Å². The number of nitrogens with zero attached hydrogens (tertiary/aromatic N) is 2. The number of hydrogen-bond donors (Lipinski definition) is 0. The number of hydrogen-bond acceptors (Lipinski definition) is 2. The molecule has 1 unspecified atom stereocenters. The van der Waals surface area contributed by atoms with E-state index in [2.05, 4.69) is 6.58 Å². The van der Waals surface area contributed by atoms with Crippen molar-refractivity contribution in [3.8, 4) is 12.1 Å². The lowest BCUT2D eigenvalue weighted by Gasteiger charge is -1.93. The van der Waals surface area contributed by atoms with E-state index in [0.717, 1.165) is 12.2 Å². The highest BCUT2D eigenvalue weighted by Gasteiger charge is 1.96. The van der Waals surface area contributed by atoms with E-state index in [9.17, 15) is 0 Å². The summed E-state index contributed by atoms with van der Waals surface area (Å²) < 4.78 is 14.6. The molecular formula is C8H8N2. The molecular weight excluding hydrogens is 124 g/mol. The average Bonchev–Trinajstić information content (AvgIpc) is 2.05. The first-order valence-corrected chi connectivity index (χ1v) is 2.68. The van der Waals surface area contributed by atoms with Gasteiger partial charge in [0.05, 0.1) is 18.1 Å². The Morgan fingerprint density at radius 3 is 2.80 bits per heavy atom. The molecule has 0 N–H and O–H groups in total. The summed E-state index contributed by atoms with van der Waals surface area (Å²) in [4.78, 5) is 0. The maximum atomic E-state index is 8.52. The summed E-state index contributed by atoms with van der Waals surface area (Å²) in [6, 6.07) is 3.44. The van der Waals surface area contributed by atoms with Crippen LogP contribution in [0, 0.1) is 28.6 Å². The molecule has 0 radical (unpaired) electrons. The van der Waals surface area contributed by atoms with Crippen LogP contribution in [0.15, 0.2) is 24.8 Å². The minimum Gasteiger partial charge on any atom is -0.198 e. The van der Waals surface area contributed by atoms with E-state index in [4.69, 9.17) is 13.3 Å². The fourth-order valence-electron chi connectivity index (χ4n) is 0.402. The van der Waals surface area contributed by atoms with Gasteiger partial charge in [-0.25, -0.2) is 0 Å². The smallest absolute Gasteiger partial charge is 0.0909 e. The van der Waals surface area contributed by atoms with Crippen molar-refractivity contribution in [2.45, 2.75) is 6.37 Å². The van der Waals surface area contributed by atoms with Crippen LogP contribution < -0.4 is 0 Å². The molecule has 2 nitrogen and oxygen atoms in total. The molecule has 0 aromatic carbocycles. The van der Waals surface area contributed by atoms with E-state index in [1.807, 2.05) is 0 Å². The van der Waals surface area contributed by atoms with Crippen molar-refractivity contribution >= 4 is 0 Å². The van der Waals surface area contributed by atoms with Gasteiger partial charge in [0.1, 0.15) is 0 Å². The first-order valence-electron chi connectivity index (χ1n) is 3.68. The van der Waals surface area contributed by atoms with Gasteiger partial charge >= 0.3 is 0 Å². The third-order valence-corrected chi connectivity index (χ3v) is 0.800. The van der Waals surface area contributed by atoms with Gasteiger partial charge in [-0.1, -0.05) is 12.2 Å². The van der Waals surface area contributed by atoms with Crippen LogP contribution in [0.25, 0.3) is 0 Å². The second kappa shape index (κ2) is 5.59. The van der Waals surface area contributed by atoms with Gasteiger partial charge in [-0.2, -0.15) is 10.5 Å². The Labute approximate surface area is 63.5 Å². The maximum Gasteiger partial charge on any atom is 0.0909 e. The van der Waals surface area contributed by atoms with Gasteiger partial charge in [0.15, 0.2) is 0 Å². The summed E-state index contributed by atoms with van der Waals surface area (Å²) in [6.07, 6.45) is 1.60. The van der Waals surface area contributed by atoms with Gasteiger partial charge in [-0.15, -0.1) is 6.58 Å². The lowest BCUT2D eigenvalue weighted by atomic mass is 10.1. The minimum absolute atomic E-state index is 0.949. The second-order valence-corrected chi connectivity index (χ2v) is 1.47. The molecule has 0 spiro atoms. The van der Waals surface area contributed by atoms with E-state index in [1.165, 1.54) is 6.08 Å². The third kappa shape index (κ3) is 3.46. The second-order valence-electron chi connectivity index (χ2n) is 1.47. The summed E-state index contributed by atoms with van der Waals surface area (Å²) >= 11 is 0. The Kier molecular flexibility index (Phi) is 2.94. The topological polar surface area (TPSA) is 47.6 Å². The molecule has 0 heterocycles. The zero-order valence-corrected chi connectivity index (χ0v) is 5.41. The molecule has 50 valence electrons. The number of nitriles is 2. The van der Waals surface area contributed by atoms with Crippen molar-refractivity contribution in [2.75, 3.05) is 0 Å². The van der Waals surface area contributed by atoms with Gasteiger partial charge in [0.25, 0.3) is 0 Å². The first kappa shape index (κ1) is 5.26. The molecule has 0 aliphatic heterocycles. The van der Waals surface area contributed by atoms with Crippen LogP contribution in [0.3, 0.4) is 0 Å². The molecule has 10 heavy (non-hydrogen) atoms. The summed E-state index contributed by atoms with van der Waals surface area (Å²) in [5.74, 6) is -0.949. The molecule has 0 amide bonds. The maximum absolute atomic E-state index is 8.52. The molecule has 0 aliphatic rings. The fraction of sp³-hybridized carbons (Fsp3) is 0.250. The standard InChI is InChI=1S/C8H8N2/c1-2-4-8(7-10)5-3-6-9/h2-3,5,8H,1,4H2/b5-3+/i4D2. The van der Waals surface area contributed by atoms with E-state index in [1.54, 1.807) is 12.1 Å². The molecule has 0 fully saturated rings. The van der Waals surface area contributed by atoms with Gasteiger partial charge in [0, 0.05) is 8.82 Å². The highest BCUT2D eigenvalue weighted by Crippen LogP contribution is 2.02. The van der Waals surface area contributed by atoms with Crippen molar-refractivity contribution in [1.29, 1.82) is 10.5 Å². The van der Waals surface area contributed by atoms with Crippen molar-refractivity contribution < 1.29 is 2.74 Å². The van der Waals surface area contributed by atoms with Crippen LogP contribution in [-0.4, -0.2) is 0 Å². The molecule has 0 aliphatic carbocycles.